The molecule has 0 fully saturated rings. The number of benzene rings is 1. The Bertz CT molecular complexity index is 666. The second-order valence-corrected chi connectivity index (χ2v) is 3.85. The van der Waals surface area contributed by atoms with E-state index in [0.717, 1.165) is 0 Å². The molecule has 0 aliphatic rings. The number of methoxy groups -OCH3 is 1. The first-order chi connectivity index (χ1) is 8.32. The molecule has 0 saturated heterocycles. The molecule has 8 heteroatoms. The molecule has 0 aliphatic carbocycles. The molecule has 1 heterocycles. The van der Waals surface area contributed by atoms with Gasteiger partial charge < -0.3 is 9.72 Å². The summed E-state index contributed by atoms with van der Waals surface area (Å²) in [4.78, 5) is 16.6. The highest BCUT2D eigenvalue weighted by Crippen LogP contribution is 2.30. The third-order valence-electron chi connectivity index (χ3n) is 2.23. The minimum atomic E-state index is -4.74. The molecule has 2 rings (SSSR count). The van der Waals surface area contributed by atoms with Crippen LogP contribution in [0.25, 0.3) is 10.9 Å². The van der Waals surface area contributed by atoms with Crippen LogP contribution in [0.2, 0.25) is 5.02 Å². The summed E-state index contributed by atoms with van der Waals surface area (Å²) in [6.07, 6.45) is -4.74. The fraction of sp³-hybridized carbons (Fsp3) is 0.200. The van der Waals surface area contributed by atoms with Gasteiger partial charge in [-0.2, -0.15) is 13.2 Å². The third kappa shape index (κ3) is 2.13. The van der Waals surface area contributed by atoms with Gasteiger partial charge in [-0.05, 0) is 6.07 Å². The van der Waals surface area contributed by atoms with E-state index in [1.54, 1.807) is 4.98 Å². The van der Waals surface area contributed by atoms with Gasteiger partial charge in [-0.15, -0.1) is 0 Å². The number of H-pyrrole nitrogens is 1. The van der Waals surface area contributed by atoms with Crippen molar-refractivity contribution in [2.24, 2.45) is 0 Å². The van der Waals surface area contributed by atoms with Crippen molar-refractivity contribution in [2.45, 2.75) is 6.18 Å². The molecule has 0 spiro atoms. The van der Waals surface area contributed by atoms with E-state index in [1.165, 1.54) is 19.2 Å². The van der Waals surface area contributed by atoms with Gasteiger partial charge in [-0.25, -0.2) is 4.98 Å². The number of hydrogen-bond acceptors (Lipinski definition) is 3. The van der Waals surface area contributed by atoms with E-state index in [0.29, 0.717) is 0 Å². The molecular formula is C10H6ClF3N2O2. The second kappa shape index (κ2) is 4.16. The van der Waals surface area contributed by atoms with Crippen LogP contribution in [0.4, 0.5) is 13.2 Å². The van der Waals surface area contributed by atoms with Gasteiger partial charge >= 0.3 is 6.18 Å². The van der Waals surface area contributed by atoms with Crippen LogP contribution in [0.15, 0.2) is 16.9 Å². The molecule has 4 nitrogen and oxygen atoms in total. The van der Waals surface area contributed by atoms with Crippen LogP contribution < -0.4 is 10.3 Å². The summed E-state index contributed by atoms with van der Waals surface area (Å²) in [7, 11) is 1.25. The summed E-state index contributed by atoms with van der Waals surface area (Å²) >= 11 is 5.72. The van der Waals surface area contributed by atoms with Crippen LogP contribution in [-0.2, 0) is 6.18 Å². The van der Waals surface area contributed by atoms with E-state index < -0.39 is 17.6 Å². The summed E-state index contributed by atoms with van der Waals surface area (Å²) < 4.78 is 42.4. The Labute approximate surface area is 103 Å². The normalized spacial score (nSPS) is 11.8. The molecule has 2 aromatic rings. The molecule has 0 atom stereocenters. The Balaban J connectivity index is 2.87. The van der Waals surface area contributed by atoms with Crippen LogP contribution in [0, 0.1) is 0 Å². The maximum Gasteiger partial charge on any atom is 0.449 e. The monoisotopic (exact) mass is 278 g/mol. The number of ether oxygens (including phenoxy) is 1. The average Bonchev–Trinajstić information content (AvgIpc) is 2.27. The fourth-order valence-electron chi connectivity index (χ4n) is 1.47. The van der Waals surface area contributed by atoms with Crippen LogP contribution in [0.3, 0.4) is 0 Å². The zero-order valence-corrected chi connectivity index (χ0v) is 9.69. The molecule has 0 amide bonds. The van der Waals surface area contributed by atoms with Crippen LogP contribution in [0.5, 0.6) is 5.75 Å². The minimum Gasteiger partial charge on any atom is -0.494 e. The number of alkyl halides is 3. The second-order valence-electron chi connectivity index (χ2n) is 3.42. The van der Waals surface area contributed by atoms with Crippen LogP contribution in [0.1, 0.15) is 5.82 Å². The number of hydrogen-bond donors (Lipinski definition) is 1. The van der Waals surface area contributed by atoms with E-state index >= 15 is 0 Å². The smallest absolute Gasteiger partial charge is 0.449 e. The number of halogens is 4. The molecule has 18 heavy (non-hydrogen) atoms. The van der Waals surface area contributed by atoms with Gasteiger partial charge in [-0.1, -0.05) is 11.6 Å². The first-order valence-electron chi connectivity index (χ1n) is 4.67. The highest BCUT2D eigenvalue weighted by molar-refractivity contribution is 6.31. The van der Waals surface area contributed by atoms with Crippen molar-refractivity contribution >= 4 is 22.5 Å². The molecule has 0 unspecified atom stereocenters. The first kappa shape index (κ1) is 12.7. The standard InChI is InChI=1S/C10H6ClF3N2O2/c1-18-6-3-4(11)2-5-7(6)15-9(10(12,13)14)16-8(5)17/h2-3H,1H3,(H,15,16,17). The Hall–Kier alpha value is -1.76. The van der Waals surface area contributed by atoms with Crippen molar-refractivity contribution in [3.05, 3.63) is 33.3 Å². The van der Waals surface area contributed by atoms with E-state index in [-0.39, 0.29) is 21.7 Å². The Morgan fingerprint density at radius 2 is 2.06 bits per heavy atom. The van der Waals surface area contributed by atoms with Crippen molar-refractivity contribution in [3.63, 3.8) is 0 Å². The highest BCUT2D eigenvalue weighted by Gasteiger charge is 2.34. The van der Waals surface area contributed by atoms with Gasteiger partial charge in [0.25, 0.3) is 5.56 Å². The quantitative estimate of drug-likeness (QED) is 0.872. The van der Waals surface area contributed by atoms with Gasteiger partial charge in [0.05, 0.1) is 12.5 Å². The maximum atomic E-state index is 12.5. The lowest BCUT2D eigenvalue weighted by Crippen LogP contribution is -2.19. The van der Waals surface area contributed by atoms with Gasteiger partial charge in [0, 0.05) is 11.1 Å². The third-order valence-corrected chi connectivity index (χ3v) is 2.45. The van der Waals surface area contributed by atoms with E-state index in [2.05, 4.69) is 4.98 Å². The van der Waals surface area contributed by atoms with Crippen LogP contribution >= 0.6 is 11.6 Å². The van der Waals surface area contributed by atoms with Crippen molar-refractivity contribution in [3.8, 4) is 5.75 Å². The van der Waals surface area contributed by atoms with E-state index in [1.807, 2.05) is 0 Å². The SMILES string of the molecule is COc1cc(Cl)cc2c(=O)[nH]c(C(F)(F)F)nc12. The topological polar surface area (TPSA) is 55.0 Å². The number of nitrogens with zero attached hydrogens (tertiary/aromatic N) is 1. The maximum absolute atomic E-state index is 12.5. The molecule has 0 aliphatic heterocycles. The largest absolute Gasteiger partial charge is 0.494 e. The lowest BCUT2D eigenvalue weighted by Gasteiger charge is -2.09. The molecule has 0 saturated carbocycles. The molecule has 1 N–H and O–H groups in total. The van der Waals surface area contributed by atoms with Gasteiger partial charge in [0.15, 0.2) is 0 Å². The van der Waals surface area contributed by atoms with Crippen LogP contribution in [-0.4, -0.2) is 17.1 Å². The van der Waals surface area contributed by atoms with Gasteiger partial charge in [-0.3, -0.25) is 4.79 Å². The molecule has 1 aromatic carbocycles. The van der Waals surface area contributed by atoms with Gasteiger partial charge in [0.2, 0.25) is 5.82 Å². The zero-order valence-electron chi connectivity index (χ0n) is 8.93. The number of aromatic amines is 1. The number of fused-ring (bicyclic) bond motifs is 1. The summed E-state index contributed by atoms with van der Waals surface area (Å²) in [5.74, 6) is -1.37. The summed E-state index contributed by atoms with van der Waals surface area (Å²) in [6.45, 7) is 0. The van der Waals surface area contributed by atoms with E-state index in [9.17, 15) is 18.0 Å². The molecule has 1 aromatic heterocycles. The Morgan fingerprint density at radius 3 is 2.61 bits per heavy atom. The lowest BCUT2D eigenvalue weighted by molar-refractivity contribution is -0.144. The predicted octanol–water partition coefficient (Wildman–Crippen LogP) is 2.60. The number of nitrogens with one attached hydrogen (secondary N) is 1. The van der Waals surface area contributed by atoms with E-state index in [4.69, 9.17) is 16.3 Å². The van der Waals surface area contributed by atoms with Crippen molar-refractivity contribution in [1.82, 2.24) is 9.97 Å². The summed E-state index contributed by atoms with van der Waals surface area (Å²) in [6, 6.07) is 2.52. The lowest BCUT2D eigenvalue weighted by atomic mass is 10.2. The molecular weight excluding hydrogens is 273 g/mol. The van der Waals surface area contributed by atoms with Crippen molar-refractivity contribution in [2.75, 3.05) is 7.11 Å². The summed E-state index contributed by atoms with van der Waals surface area (Å²) in [5, 5.41) is 0.110. The molecule has 0 bridgehead atoms. The number of rotatable bonds is 1. The molecule has 96 valence electrons. The average molecular weight is 279 g/mol. The minimum absolute atomic E-state index is 0.00843. The summed E-state index contributed by atoms with van der Waals surface area (Å²) in [5.41, 5.74) is -1.11. The Morgan fingerprint density at radius 1 is 1.39 bits per heavy atom. The first-order valence-corrected chi connectivity index (χ1v) is 5.05. The van der Waals surface area contributed by atoms with Crippen molar-refractivity contribution < 1.29 is 17.9 Å². The Kier molecular flexibility index (Phi) is 2.94. The predicted molar refractivity (Wildman–Crippen MR) is 58.9 cm³/mol. The van der Waals surface area contributed by atoms with Gasteiger partial charge in [0.1, 0.15) is 11.3 Å². The van der Waals surface area contributed by atoms with Crippen molar-refractivity contribution in [1.29, 1.82) is 0 Å². The molecule has 0 radical (unpaired) electrons. The zero-order chi connectivity index (χ0) is 13.5. The number of aromatic nitrogens is 2. The fourth-order valence-corrected chi connectivity index (χ4v) is 1.68. The highest BCUT2D eigenvalue weighted by atomic mass is 35.5.